The molecular formula is C20H20N4O2S. The van der Waals surface area contributed by atoms with E-state index < -0.39 is 0 Å². The van der Waals surface area contributed by atoms with Crippen LogP contribution in [0.3, 0.4) is 0 Å². The van der Waals surface area contributed by atoms with Crippen molar-refractivity contribution in [3.63, 3.8) is 0 Å². The summed E-state index contributed by atoms with van der Waals surface area (Å²) in [6.07, 6.45) is 3.79. The van der Waals surface area contributed by atoms with Crippen LogP contribution < -0.4 is 5.32 Å². The molecule has 1 aliphatic heterocycles. The number of anilines is 1. The first-order valence-electron chi connectivity index (χ1n) is 9.16. The molecule has 0 bridgehead atoms. The smallest absolute Gasteiger partial charge is 0.245 e. The molecular weight excluding hydrogens is 360 g/mol. The lowest BCUT2D eigenvalue weighted by atomic mass is 10.1. The molecule has 6 nitrogen and oxygen atoms in total. The SMILES string of the molecule is Cn1nc2c(c1NC(=O)Cn1cc(C(=O)C3CC3)c3ccccc31)CSC2. The van der Waals surface area contributed by atoms with Crippen LogP contribution in [-0.4, -0.2) is 26.0 Å². The lowest BCUT2D eigenvalue weighted by Gasteiger charge is -2.09. The second-order valence-corrected chi connectivity index (χ2v) is 8.25. The second-order valence-electron chi connectivity index (χ2n) is 7.26. The van der Waals surface area contributed by atoms with E-state index in [0.717, 1.165) is 57.9 Å². The summed E-state index contributed by atoms with van der Waals surface area (Å²) in [7, 11) is 1.86. The number of aromatic nitrogens is 3. The zero-order valence-electron chi connectivity index (χ0n) is 15.1. The van der Waals surface area contributed by atoms with Crippen molar-refractivity contribution in [2.24, 2.45) is 13.0 Å². The van der Waals surface area contributed by atoms with Crippen LogP contribution in [0.15, 0.2) is 30.5 Å². The van der Waals surface area contributed by atoms with Crippen molar-refractivity contribution in [3.05, 3.63) is 47.3 Å². The number of hydrogen-bond donors (Lipinski definition) is 1. The number of benzene rings is 1. The van der Waals surface area contributed by atoms with Crippen molar-refractivity contribution in [1.29, 1.82) is 0 Å². The van der Waals surface area contributed by atoms with Gasteiger partial charge in [0.1, 0.15) is 12.4 Å². The van der Waals surface area contributed by atoms with Gasteiger partial charge in [-0.1, -0.05) is 18.2 Å². The molecule has 3 heterocycles. The van der Waals surface area contributed by atoms with Gasteiger partial charge in [-0.2, -0.15) is 16.9 Å². The first-order valence-corrected chi connectivity index (χ1v) is 10.3. The first-order chi connectivity index (χ1) is 13.1. The summed E-state index contributed by atoms with van der Waals surface area (Å²) in [6.45, 7) is 0.172. The van der Waals surface area contributed by atoms with Crippen LogP contribution >= 0.6 is 11.8 Å². The topological polar surface area (TPSA) is 68.9 Å². The molecule has 27 heavy (non-hydrogen) atoms. The number of aryl methyl sites for hydroxylation is 1. The molecule has 1 saturated carbocycles. The van der Waals surface area contributed by atoms with Crippen LogP contribution in [-0.2, 0) is 29.9 Å². The zero-order valence-corrected chi connectivity index (χ0v) is 15.9. The predicted molar refractivity (Wildman–Crippen MR) is 106 cm³/mol. The summed E-state index contributed by atoms with van der Waals surface area (Å²) < 4.78 is 3.63. The molecule has 2 aromatic heterocycles. The Balaban J connectivity index is 1.43. The molecule has 1 amide bonds. The zero-order chi connectivity index (χ0) is 18.5. The van der Waals surface area contributed by atoms with E-state index in [9.17, 15) is 9.59 Å². The molecule has 1 aromatic carbocycles. The van der Waals surface area contributed by atoms with Gasteiger partial charge in [-0.3, -0.25) is 14.3 Å². The number of carbonyl (C=O) groups is 2. The Morgan fingerprint density at radius 3 is 2.89 bits per heavy atom. The van der Waals surface area contributed by atoms with Gasteiger partial charge >= 0.3 is 0 Å². The minimum Gasteiger partial charge on any atom is -0.337 e. The first kappa shape index (κ1) is 16.6. The summed E-state index contributed by atoms with van der Waals surface area (Å²) in [5.74, 6) is 2.81. The number of para-hydroxylation sites is 1. The summed E-state index contributed by atoms with van der Waals surface area (Å²) in [5, 5.41) is 8.43. The molecule has 0 atom stereocenters. The molecule has 7 heteroatoms. The number of nitrogens with one attached hydrogen (secondary N) is 1. The number of fused-ring (bicyclic) bond motifs is 2. The highest BCUT2D eigenvalue weighted by Crippen LogP contribution is 2.36. The van der Waals surface area contributed by atoms with Gasteiger partial charge in [-0.25, -0.2) is 0 Å². The third kappa shape index (κ3) is 2.86. The average Bonchev–Trinajstić information content (AvgIpc) is 3.22. The van der Waals surface area contributed by atoms with Crippen LogP contribution in [0.5, 0.6) is 0 Å². The van der Waals surface area contributed by atoms with E-state index >= 15 is 0 Å². The lowest BCUT2D eigenvalue weighted by Crippen LogP contribution is -2.20. The normalized spacial score (nSPS) is 15.9. The Kier molecular flexibility index (Phi) is 3.86. The highest BCUT2D eigenvalue weighted by atomic mass is 32.2. The predicted octanol–water partition coefficient (Wildman–Crippen LogP) is 3.35. The molecule has 0 spiro atoms. The number of amides is 1. The molecule has 0 radical (unpaired) electrons. The van der Waals surface area contributed by atoms with Gasteiger partial charge in [0.05, 0.1) is 5.69 Å². The van der Waals surface area contributed by atoms with Crippen molar-refractivity contribution >= 4 is 40.2 Å². The van der Waals surface area contributed by atoms with E-state index in [-0.39, 0.29) is 24.2 Å². The van der Waals surface area contributed by atoms with Gasteiger partial charge in [0, 0.05) is 52.7 Å². The Morgan fingerprint density at radius 1 is 1.26 bits per heavy atom. The van der Waals surface area contributed by atoms with Gasteiger partial charge in [0.25, 0.3) is 0 Å². The molecule has 1 N–H and O–H groups in total. The van der Waals surface area contributed by atoms with E-state index in [1.165, 1.54) is 0 Å². The van der Waals surface area contributed by atoms with Gasteiger partial charge < -0.3 is 9.88 Å². The van der Waals surface area contributed by atoms with Crippen molar-refractivity contribution in [1.82, 2.24) is 14.3 Å². The third-order valence-corrected chi connectivity index (χ3v) is 6.26. The summed E-state index contributed by atoms with van der Waals surface area (Å²) >= 11 is 1.81. The molecule has 2 aliphatic rings. The summed E-state index contributed by atoms with van der Waals surface area (Å²) in [5.41, 5.74) is 3.83. The number of Topliss-reactive ketones (excluding diaryl/α,β-unsaturated/α-hetero) is 1. The quantitative estimate of drug-likeness (QED) is 0.689. The second kappa shape index (κ2) is 6.27. The number of nitrogens with zero attached hydrogens (tertiary/aromatic N) is 3. The highest BCUT2D eigenvalue weighted by molar-refractivity contribution is 7.98. The van der Waals surface area contributed by atoms with Gasteiger partial charge in [0.15, 0.2) is 5.78 Å². The monoisotopic (exact) mass is 380 g/mol. The van der Waals surface area contributed by atoms with E-state index in [2.05, 4.69) is 10.4 Å². The van der Waals surface area contributed by atoms with E-state index in [0.29, 0.717) is 0 Å². The maximum absolute atomic E-state index is 12.7. The Bertz CT molecular complexity index is 1080. The summed E-state index contributed by atoms with van der Waals surface area (Å²) in [4.78, 5) is 25.4. The molecule has 1 fully saturated rings. The van der Waals surface area contributed by atoms with Crippen molar-refractivity contribution in [2.45, 2.75) is 30.9 Å². The van der Waals surface area contributed by atoms with Crippen molar-refractivity contribution in [3.8, 4) is 0 Å². The Labute approximate surface area is 160 Å². The van der Waals surface area contributed by atoms with Crippen LogP contribution in [0.2, 0.25) is 0 Å². The van der Waals surface area contributed by atoms with E-state index in [4.69, 9.17) is 0 Å². The molecule has 0 saturated heterocycles. The maximum Gasteiger partial charge on any atom is 0.245 e. The largest absolute Gasteiger partial charge is 0.337 e. The summed E-state index contributed by atoms with van der Waals surface area (Å²) in [6, 6.07) is 7.80. The molecule has 5 rings (SSSR count). The van der Waals surface area contributed by atoms with Crippen LogP contribution in [0.1, 0.15) is 34.5 Å². The van der Waals surface area contributed by atoms with Crippen molar-refractivity contribution in [2.75, 3.05) is 5.32 Å². The fourth-order valence-electron chi connectivity index (χ4n) is 3.76. The van der Waals surface area contributed by atoms with Crippen LogP contribution in [0, 0.1) is 5.92 Å². The number of ketones is 1. The van der Waals surface area contributed by atoms with E-state index in [1.54, 1.807) is 4.68 Å². The number of thioether (sulfide) groups is 1. The van der Waals surface area contributed by atoms with Crippen LogP contribution in [0.25, 0.3) is 10.9 Å². The lowest BCUT2D eigenvalue weighted by molar-refractivity contribution is -0.116. The standard InChI is InChI=1S/C20H20N4O2S/c1-23-20(15-10-27-11-16(15)22-23)21-18(25)9-24-8-14(19(26)12-6-7-12)13-4-2-3-5-17(13)24/h2-5,8,12H,6-7,9-11H2,1H3,(H,21,25). The van der Waals surface area contributed by atoms with Crippen molar-refractivity contribution < 1.29 is 9.59 Å². The fraction of sp³-hybridized carbons (Fsp3) is 0.350. The number of hydrogen-bond acceptors (Lipinski definition) is 4. The minimum absolute atomic E-state index is 0.108. The average molecular weight is 380 g/mol. The number of rotatable bonds is 5. The van der Waals surface area contributed by atoms with Gasteiger partial charge in [-0.05, 0) is 18.9 Å². The molecule has 3 aromatic rings. The third-order valence-electron chi connectivity index (χ3n) is 5.29. The molecule has 138 valence electrons. The highest BCUT2D eigenvalue weighted by Gasteiger charge is 2.32. The molecule has 1 aliphatic carbocycles. The Morgan fingerprint density at radius 2 is 2.07 bits per heavy atom. The van der Waals surface area contributed by atoms with Crippen LogP contribution in [0.4, 0.5) is 5.82 Å². The number of carbonyl (C=O) groups excluding carboxylic acids is 2. The van der Waals surface area contributed by atoms with Gasteiger partial charge in [0.2, 0.25) is 5.91 Å². The van der Waals surface area contributed by atoms with E-state index in [1.807, 2.05) is 53.8 Å². The van der Waals surface area contributed by atoms with Gasteiger partial charge in [-0.15, -0.1) is 0 Å². The Hall–Kier alpha value is -2.54. The maximum atomic E-state index is 12.7. The fourth-order valence-corrected chi connectivity index (χ4v) is 4.80. The molecule has 0 unspecified atom stereocenters. The minimum atomic E-state index is -0.108.